The third kappa shape index (κ3) is 2.73. The molecule has 0 spiro atoms. The van der Waals surface area contributed by atoms with Crippen LogP contribution in [0.1, 0.15) is 73.6 Å². The maximum atomic E-state index is 8.94. The summed E-state index contributed by atoms with van der Waals surface area (Å²) in [4.78, 5) is 0. The first-order chi connectivity index (χ1) is 8.35. The fraction of sp³-hybridized carbons (Fsp3) is 0.938. The van der Waals surface area contributed by atoms with Crippen molar-refractivity contribution >= 4 is 13.4 Å². The van der Waals surface area contributed by atoms with E-state index in [4.69, 9.17) is 5.41 Å². The SMILES string of the molecule is CC(C)[Si](C(=N)C1CCCCC1)(C(C)C)C(C)C. The van der Waals surface area contributed by atoms with Crippen molar-refractivity contribution in [2.24, 2.45) is 5.92 Å². The second kappa shape index (κ2) is 6.36. The molecular weight excluding hydrogens is 234 g/mol. The molecule has 106 valence electrons. The van der Waals surface area contributed by atoms with Crippen LogP contribution in [0.2, 0.25) is 16.6 Å². The largest absolute Gasteiger partial charge is 0.314 e. The molecule has 0 aliphatic heterocycles. The van der Waals surface area contributed by atoms with E-state index in [0.717, 1.165) is 0 Å². The van der Waals surface area contributed by atoms with Crippen molar-refractivity contribution in [2.45, 2.75) is 90.3 Å². The summed E-state index contributed by atoms with van der Waals surface area (Å²) in [5, 5.41) is 10.2. The van der Waals surface area contributed by atoms with Crippen LogP contribution in [0.25, 0.3) is 0 Å². The van der Waals surface area contributed by atoms with Crippen LogP contribution in [0.3, 0.4) is 0 Å². The predicted octanol–water partition coefficient (Wildman–Crippen LogP) is 5.80. The molecule has 0 aromatic carbocycles. The number of hydrogen-bond donors (Lipinski definition) is 1. The summed E-state index contributed by atoms with van der Waals surface area (Å²) in [5.41, 5.74) is 2.10. The van der Waals surface area contributed by atoms with Gasteiger partial charge in [0.25, 0.3) is 0 Å². The molecule has 0 saturated heterocycles. The first kappa shape index (κ1) is 15.9. The first-order valence-corrected chi connectivity index (χ1v) is 10.2. The van der Waals surface area contributed by atoms with Gasteiger partial charge in [0.05, 0.1) is 0 Å². The molecule has 1 fully saturated rings. The van der Waals surface area contributed by atoms with Gasteiger partial charge in [-0.15, -0.1) is 0 Å². The van der Waals surface area contributed by atoms with Crippen LogP contribution >= 0.6 is 0 Å². The molecule has 1 aliphatic carbocycles. The van der Waals surface area contributed by atoms with Gasteiger partial charge in [0.2, 0.25) is 0 Å². The van der Waals surface area contributed by atoms with E-state index in [-0.39, 0.29) is 0 Å². The van der Waals surface area contributed by atoms with Crippen molar-refractivity contribution in [1.29, 1.82) is 5.41 Å². The molecule has 1 aliphatic rings. The van der Waals surface area contributed by atoms with Gasteiger partial charge >= 0.3 is 0 Å². The molecule has 0 atom stereocenters. The third-order valence-corrected chi connectivity index (χ3v) is 12.4. The second-order valence-corrected chi connectivity index (χ2v) is 13.0. The minimum Gasteiger partial charge on any atom is -0.314 e. The minimum atomic E-state index is -1.64. The van der Waals surface area contributed by atoms with Crippen molar-refractivity contribution in [3.63, 3.8) is 0 Å². The number of hydrogen-bond acceptors (Lipinski definition) is 1. The molecule has 0 aromatic rings. The highest BCUT2D eigenvalue weighted by Crippen LogP contribution is 2.45. The van der Waals surface area contributed by atoms with Gasteiger partial charge in [-0.3, -0.25) is 0 Å². The Kier molecular flexibility index (Phi) is 5.63. The maximum absolute atomic E-state index is 8.94. The molecule has 1 saturated carbocycles. The van der Waals surface area contributed by atoms with Crippen LogP contribution in [-0.2, 0) is 0 Å². The smallest absolute Gasteiger partial charge is 0.112 e. The number of rotatable bonds is 5. The van der Waals surface area contributed by atoms with E-state index in [9.17, 15) is 0 Å². The highest BCUT2D eigenvalue weighted by Gasteiger charge is 2.48. The lowest BCUT2D eigenvalue weighted by molar-refractivity contribution is 0.439. The van der Waals surface area contributed by atoms with Gasteiger partial charge in [0.15, 0.2) is 0 Å². The summed E-state index contributed by atoms with van der Waals surface area (Å²) in [6.45, 7) is 14.3. The van der Waals surface area contributed by atoms with Crippen LogP contribution in [0, 0.1) is 11.3 Å². The highest BCUT2D eigenvalue weighted by atomic mass is 28.3. The molecule has 2 heteroatoms. The van der Waals surface area contributed by atoms with Gasteiger partial charge < -0.3 is 5.41 Å². The van der Waals surface area contributed by atoms with Crippen LogP contribution in [-0.4, -0.2) is 13.4 Å². The third-order valence-electron chi connectivity index (χ3n) is 5.35. The quantitative estimate of drug-likeness (QED) is 0.480. The zero-order valence-electron chi connectivity index (χ0n) is 13.3. The lowest BCUT2D eigenvalue weighted by Crippen LogP contribution is -2.55. The van der Waals surface area contributed by atoms with Gasteiger partial charge in [-0.2, -0.15) is 0 Å². The van der Waals surface area contributed by atoms with E-state index in [0.29, 0.717) is 22.5 Å². The Morgan fingerprint density at radius 2 is 1.22 bits per heavy atom. The molecule has 0 bridgehead atoms. The molecule has 18 heavy (non-hydrogen) atoms. The van der Waals surface area contributed by atoms with Crippen molar-refractivity contribution in [3.8, 4) is 0 Å². The van der Waals surface area contributed by atoms with Crippen LogP contribution in [0.5, 0.6) is 0 Å². The second-order valence-electron chi connectivity index (χ2n) is 7.15. The Hall–Kier alpha value is -0.113. The predicted molar refractivity (Wildman–Crippen MR) is 85.3 cm³/mol. The molecule has 0 heterocycles. The van der Waals surface area contributed by atoms with Gasteiger partial charge in [-0.1, -0.05) is 60.8 Å². The van der Waals surface area contributed by atoms with Crippen molar-refractivity contribution in [2.75, 3.05) is 0 Å². The monoisotopic (exact) mass is 267 g/mol. The molecule has 1 rings (SSSR count). The average Bonchev–Trinajstić information content (AvgIpc) is 2.29. The zero-order valence-corrected chi connectivity index (χ0v) is 14.3. The molecule has 0 amide bonds. The molecule has 0 aromatic heterocycles. The maximum Gasteiger partial charge on any atom is 0.112 e. The topological polar surface area (TPSA) is 23.9 Å². The molecular formula is C16H33NSi. The van der Waals surface area contributed by atoms with Gasteiger partial charge in [0, 0.05) is 0 Å². The highest BCUT2D eigenvalue weighted by molar-refractivity contribution is 7.09. The van der Waals surface area contributed by atoms with E-state index in [2.05, 4.69) is 41.5 Å². The average molecular weight is 268 g/mol. The van der Waals surface area contributed by atoms with Crippen LogP contribution in [0.4, 0.5) is 0 Å². The lowest BCUT2D eigenvalue weighted by Gasteiger charge is -2.46. The van der Waals surface area contributed by atoms with Crippen molar-refractivity contribution < 1.29 is 0 Å². The summed E-state index contributed by atoms with van der Waals surface area (Å²) in [6, 6.07) is 0. The fourth-order valence-corrected chi connectivity index (χ4v) is 11.5. The first-order valence-electron chi connectivity index (χ1n) is 7.94. The fourth-order valence-electron chi connectivity index (χ4n) is 4.68. The Labute approximate surface area is 115 Å². The summed E-state index contributed by atoms with van der Waals surface area (Å²) in [6.07, 6.45) is 6.68. The Morgan fingerprint density at radius 1 is 0.833 bits per heavy atom. The van der Waals surface area contributed by atoms with Crippen LogP contribution < -0.4 is 0 Å². The standard InChI is InChI=1S/C16H33NSi/c1-12(2)18(13(3)4,14(5)6)16(17)15-10-8-7-9-11-15/h12-15,17H,7-11H2,1-6H3. The summed E-state index contributed by atoms with van der Waals surface area (Å²) in [5.74, 6) is 0.623. The van der Waals surface area contributed by atoms with Crippen molar-refractivity contribution in [1.82, 2.24) is 0 Å². The van der Waals surface area contributed by atoms with E-state index < -0.39 is 8.07 Å². The molecule has 0 unspecified atom stereocenters. The zero-order chi connectivity index (χ0) is 13.9. The van der Waals surface area contributed by atoms with Gasteiger partial charge in [0.1, 0.15) is 8.07 Å². The molecule has 1 nitrogen and oxygen atoms in total. The normalized spacial score (nSPS) is 18.9. The van der Waals surface area contributed by atoms with E-state index in [1.165, 1.54) is 37.4 Å². The summed E-state index contributed by atoms with van der Waals surface area (Å²) >= 11 is 0. The minimum absolute atomic E-state index is 0.623. The van der Waals surface area contributed by atoms with E-state index in [1.54, 1.807) is 0 Å². The lowest BCUT2D eigenvalue weighted by atomic mass is 9.90. The summed E-state index contributed by atoms with van der Waals surface area (Å²) in [7, 11) is -1.64. The van der Waals surface area contributed by atoms with Crippen molar-refractivity contribution in [3.05, 3.63) is 0 Å². The van der Waals surface area contributed by atoms with E-state index in [1.807, 2.05) is 0 Å². The Bertz CT molecular complexity index is 253. The Balaban J connectivity index is 3.04. The molecule has 1 N–H and O–H groups in total. The van der Waals surface area contributed by atoms with Gasteiger partial charge in [-0.25, -0.2) is 0 Å². The van der Waals surface area contributed by atoms with Crippen LogP contribution in [0.15, 0.2) is 0 Å². The van der Waals surface area contributed by atoms with Gasteiger partial charge in [-0.05, 0) is 40.7 Å². The Morgan fingerprint density at radius 3 is 1.56 bits per heavy atom. The van der Waals surface area contributed by atoms with E-state index >= 15 is 0 Å². The molecule has 0 radical (unpaired) electrons. The summed E-state index contributed by atoms with van der Waals surface area (Å²) < 4.78 is 0. The number of nitrogens with one attached hydrogen (secondary N) is 1.